The molecule has 4 rings (SSSR count). The Morgan fingerprint density at radius 1 is 1.11 bits per heavy atom. The molecule has 3 aromatic rings. The fraction of sp³-hybridized carbons (Fsp3) is 0.455. The van der Waals surface area contributed by atoms with E-state index in [4.69, 9.17) is 0 Å². The average molecular weight is 377 g/mol. The Kier molecular flexibility index (Phi) is 5.11. The molecule has 0 radical (unpaired) electrons. The van der Waals surface area contributed by atoms with E-state index in [-0.39, 0.29) is 11.5 Å². The van der Waals surface area contributed by atoms with E-state index >= 15 is 0 Å². The maximum absolute atomic E-state index is 12.4. The zero-order valence-corrected chi connectivity index (χ0v) is 16.8. The summed E-state index contributed by atoms with van der Waals surface area (Å²) >= 11 is 0. The van der Waals surface area contributed by atoms with Gasteiger partial charge >= 0.3 is 0 Å². The quantitative estimate of drug-likeness (QED) is 0.696. The minimum atomic E-state index is 0.0523. The molecule has 0 spiro atoms. The van der Waals surface area contributed by atoms with Gasteiger partial charge < -0.3 is 4.90 Å². The minimum Gasteiger partial charge on any atom is -0.355 e. The minimum absolute atomic E-state index is 0.0523. The first-order chi connectivity index (χ1) is 13.5. The van der Waals surface area contributed by atoms with Crippen molar-refractivity contribution >= 4 is 16.6 Å². The largest absolute Gasteiger partial charge is 0.355 e. The predicted octanol–water partition coefficient (Wildman–Crippen LogP) is 3.53. The summed E-state index contributed by atoms with van der Waals surface area (Å²) in [4.78, 5) is 19.1. The molecule has 0 N–H and O–H groups in total. The smallest absolute Gasteiger partial charge is 0.253 e. The first-order valence-electron chi connectivity index (χ1n) is 10.1. The summed E-state index contributed by atoms with van der Waals surface area (Å²) in [6.45, 7) is 8.70. The summed E-state index contributed by atoms with van der Waals surface area (Å²) in [5.74, 6) is 1.72. The Morgan fingerprint density at radius 2 is 1.82 bits per heavy atom. The molecule has 1 fully saturated rings. The van der Waals surface area contributed by atoms with Gasteiger partial charge in [-0.1, -0.05) is 38.1 Å². The second kappa shape index (κ2) is 7.70. The maximum Gasteiger partial charge on any atom is 0.253 e. The van der Waals surface area contributed by atoms with Crippen molar-refractivity contribution < 1.29 is 0 Å². The van der Waals surface area contributed by atoms with Gasteiger partial charge in [-0.25, -0.2) is 4.98 Å². The number of benzene rings is 1. The lowest BCUT2D eigenvalue weighted by molar-refractivity contribution is 0.349. The molecule has 0 unspecified atom stereocenters. The van der Waals surface area contributed by atoms with Crippen LogP contribution in [0.1, 0.15) is 44.0 Å². The fourth-order valence-corrected chi connectivity index (χ4v) is 3.96. The Balaban J connectivity index is 1.46. The third kappa shape index (κ3) is 3.63. The second-order valence-corrected chi connectivity index (χ2v) is 8.04. The van der Waals surface area contributed by atoms with E-state index in [1.807, 2.05) is 13.0 Å². The molecule has 6 nitrogen and oxygen atoms in total. The van der Waals surface area contributed by atoms with Crippen LogP contribution in [0.25, 0.3) is 10.8 Å². The zero-order valence-electron chi connectivity index (χ0n) is 16.8. The lowest BCUT2D eigenvalue weighted by atomic mass is 9.96. The molecule has 1 aliphatic heterocycles. The number of piperidine rings is 1. The van der Waals surface area contributed by atoms with Crippen LogP contribution >= 0.6 is 0 Å². The Bertz CT molecular complexity index is 1030. The number of rotatable bonds is 4. The van der Waals surface area contributed by atoms with Crippen molar-refractivity contribution in [3.8, 4) is 0 Å². The zero-order chi connectivity index (χ0) is 19.7. The average Bonchev–Trinajstić information content (AvgIpc) is 2.71. The molecule has 3 heterocycles. The molecule has 1 saturated heterocycles. The van der Waals surface area contributed by atoms with Crippen LogP contribution in [0.15, 0.2) is 41.5 Å². The lowest BCUT2D eigenvalue weighted by Gasteiger charge is -2.33. The van der Waals surface area contributed by atoms with Crippen molar-refractivity contribution in [1.29, 1.82) is 0 Å². The summed E-state index contributed by atoms with van der Waals surface area (Å²) in [7, 11) is 0. The van der Waals surface area contributed by atoms with Crippen LogP contribution in [0, 0.1) is 12.8 Å². The highest BCUT2D eigenvalue weighted by molar-refractivity contribution is 5.93. The van der Waals surface area contributed by atoms with E-state index < -0.39 is 0 Å². The van der Waals surface area contributed by atoms with Crippen molar-refractivity contribution in [3.05, 3.63) is 58.4 Å². The third-order valence-corrected chi connectivity index (χ3v) is 5.71. The van der Waals surface area contributed by atoms with Gasteiger partial charge in [-0.3, -0.25) is 9.36 Å². The third-order valence-electron chi connectivity index (χ3n) is 5.71. The Hall–Kier alpha value is -2.76. The molecule has 0 amide bonds. The van der Waals surface area contributed by atoms with E-state index in [9.17, 15) is 4.79 Å². The monoisotopic (exact) mass is 377 g/mol. The molecule has 0 atom stereocenters. The summed E-state index contributed by atoms with van der Waals surface area (Å²) in [6.07, 6.45) is 3.77. The van der Waals surface area contributed by atoms with Crippen LogP contribution < -0.4 is 10.5 Å². The molecule has 146 valence electrons. The first kappa shape index (κ1) is 18.6. The van der Waals surface area contributed by atoms with Crippen molar-refractivity contribution in [3.63, 3.8) is 0 Å². The number of fused-ring (bicyclic) bond motifs is 1. The molecule has 2 aromatic heterocycles. The number of nitrogens with zero attached hydrogens (tertiary/aromatic N) is 5. The maximum atomic E-state index is 12.4. The number of anilines is 1. The van der Waals surface area contributed by atoms with Crippen LogP contribution in [0.4, 0.5) is 5.82 Å². The summed E-state index contributed by atoms with van der Waals surface area (Å²) in [5, 5.41) is 11.2. The second-order valence-electron chi connectivity index (χ2n) is 8.04. The van der Waals surface area contributed by atoms with Gasteiger partial charge in [-0.15, -0.1) is 5.10 Å². The van der Waals surface area contributed by atoms with Crippen LogP contribution in [-0.2, 0) is 6.54 Å². The van der Waals surface area contributed by atoms with Crippen LogP contribution in [0.2, 0.25) is 0 Å². The highest BCUT2D eigenvalue weighted by Gasteiger charge is 2.23. The predicted molar refractivity (Wildman–Crippen MR) is 112 cm³/mol. The van der Waals surface area contributed by atoms with Crippen molar-refractivity contribution in [2.75, 3.05) is 18.0 Å². The standard InChI is InChI=1S/C22H27N5O/c1-15(2)20-12-21(28)27(14-23-20)13-17-8-10-26(11-9-17)22-19-7-5-4-6-18(19)16(3)24-25-22/h4-7,12,14-15,17H,8-11,13H2,1-3H3. The van der Waals surface area contributed by atoms with E-state index in [1.165, 1.54) is 0 Å². The van der Waals surface area contributed by atoms with Gasteiger partial charge in [-0.05, 0) is 31.6 Å². The number of hydrogen-bond donors (Lipinski definition) is 0. The van der Waals surface area contributed by atoms with Gasteiger partial charge in [0.05, 0.1) is 17.7 Å². The van der Waals surface area contributed by atoms with Gasteiger partial charge in [0.25, 0.3) is 5.56 Å². The van der Waals surface area contributed by atoms with Gasteiger partial charge in [-0.2, -0.15) is 5.10 Å². The van der Waals surface area contributed by atoms with E-state index in [2.05, 4.69) is 52.1 Å². The number of aromatic nitrogens is 4. The van der Waals surface area contributed by atoms with Crippen LogP contribution in [-0.4, -0.2) is 32.8 Å². The highest BCUT2D eigenvalue weighted by Crippen LogP contribution is 2.29. The van der Waals surface area contributed by atoms with Crippen molar-refractivity contribution in [2.24, 2.45) is 5.92 Å². The summed E-state index contributed by atoms with van der Waals surface area (Å²) in [5.41, 5.74) is 1.88. The molecule has 1 aromatic carbocycles. The normalized spacial score (nSPS) is 15.5. The van der Waals surface area contributed by atoms with Gasteiger partial charge in [0.2, 0.25) is 0 Å². The highest BCUT2D eigenvalue weighted by atomic mass is 16.1. The van der Waals surface area contributed by atoms with Crippen LogP contribution in [0.5, 0.6) is 0 Å². The molecule has 28 heavy (non-hydrogen) atoms. The Morgan fingerprint density at radius 3 is 2.50 bits per heavy atom. The summed E-state index contributed by atoms with van der Waals surface area (Å²) < 4.78 is 1.76. The lowest BCUT2D eigenvalue weighted by Crippen LogP contribution is -2.37. The number of hydrogen-bond acceptors (Lipinski definition) is 5. The first-order valence-corrected chi connectivity index (χ1v) is 10.1. The molecular formula is C22H27N5O. The van der Waals surface area contributed by atoms with Crippen molar-refractivity contribution in [2.45, 2.75) is 46.1 Å². The van der Waals surface area contributed by atoms with Crippen LogP contribution in [0.3, 0.4) is 0 Å². The molecule has 1 aliphatic rings. The van der Waals surface area contributed by atoms with Crippen molar-refractivity contribution in [1.82, 2.24) is 19.7 Å². The topological polar surface area (TPSA) is 63.9 Å². The number of aryl methyl sites for hydroxylation is 1. The molecule has 6 heteroatoms. The fourth-order valence-electron chi connectivity index (χ4n) is 3.96. The van der Waals surface area contributed by atoms with E-state index in [0.717, 1.165) is 60.5 Å². The van der Waals surface area contributed by atoms with Gasteiger partial charge in [0.15, 0.2) is 5.82 Å². The van der Waals surface area contributed by atoms with E-state index in [0.29, 0.717) is 5.92 Å². The SMILES string of the molecule is Cc1nnc(N2CCC(Cn3cnc(C(C)C)cc3=O)CC2)c2ccccc12. The molecular weight excluding hydrogens is 350 g/mol. The van der Waals surface area contributed by atoms with Gasteiger partial charge in [0, 0.05) is 36.5 Å². The molecule has 0 aliphatic carbocycles. The Labute approximate surface area is 165 Å². The molecule has 0 saturated carbocycles. The van der Waals surface area contributed by atoms with Gasteiger partial charge in [0.1, 0.15) is 0 Å². The van der Waals surface area contributed by atoms with E-state index in [1.54, 1.807) is 17.0 Å². The summed E-state index contributed by atoms with van der Waals surface area (Å²) in [6, 6.07) is 10.0. The molecule has 0 bridgehead atoms.